The highest BCUT2D eigenvalue weighted by Gasteiger charge is 2.09. The molecule has 0 radical (unpaired) electrons. The summed E-state index contributed by atoms with van der Waals surface area (Å²) in [6.45, 7) is 8.15. The summed E-state index contributed by atoms with van der Waals surface area (Å²) in [7, 11) is 0. The molecule has 0 unspecified atom stereocenters. The van der Waals surface area contributed by atoms with Crippen molar-refractivity contribution in [2.24, 2.45) is 0 Å². The summed E-state index contributed by atoms with van der Waals surface area (Å²) in [4.78, 5) is 8.83. The third-order valence-electron chi connectivity index (χ3n) is 3.06. The summed E-state index contributed by atoms with van der Waals surface area (Å²) >= 11 is 0. The SMILES string of the molecule is CCc1ccc(Oc2cc(C)nc(C(C)C)n2)c(N)c1. The van der Waals surface area contributed by atoms with Crippen LogP contribution in [0.25, 0.3) is 0 Å². The van der Waals surface area contributed by atoms with E-state index in [1.54, 1.807) is 0 Å². The van der Waals surface area contributed by atoms with Crippen molar-refractivity contribution in [3.63, 3.8) is 0 Å². The van der Waals surface area contributed by atoms with E-state index >= 15 is 0 Å². The Morgan fingerprint density at radius 2 is 1.95 bits per heavy atom. The van der Waals surface area contributed by atoms with Crippen molar-refractivity contribution in [3.8, 4) is 11.6 Å². The molecule has 1 heterocycles. The van der Waals surface area contributed by atoms with E-state index in [2.05, 4.69) is 30.7 Å². The predicted molar refractivity (Wildman–Crippen MR) is 81.2 cm³/mol. The van der Waals surface area contributed by atoms with Gasteiger partial charge in [0.15, 0.2) is 5.75 Å². The summed E-state index contributed by atoms with van der Waals surface area (Å²) in [5.74, 6) is 2.22. The highest BCUT2D eigenvalue weighted by Crippen LogP contribution is 2.28. The Balaban J connectivity index is 2.30. The molecule has 0 spiro atoms. The fourth-order valence-corrected chi connectivity index (χ4v) is 1.90. The lowest BCUT2D eigenvalue weighted by Crippen LogP contribution is -2.02. The maximum absolute atomic E-state index is 6.01. The third-order valence-corrected chi connectivity index (χ3v) is 3.06. The van der Waals surface area contributed by atoms with Gasteiger partial charge in [0.2, 0.25) is 5.88 Å². The van der Waals surface area contributed by atoms with E-state index in [1.165, 1.54) is 5.56 Å². The van der Waals surface area contributed by atoms with Crippen molar-refractivity contribution in [3.05, 3.63) is 41.3 Å². The molecule has 0 fully saturated rings. The topological polar surface area (TPSA) is 61.0 Å². The van der Waals surface area contributed by atoms with Crippen LogP contribution in [0.4, 0.5) is 5.69 Å². The number of ether oxygens (including phenoxy) is 1. The first-order chi connectivity index (χ1) is 9.49. The molecule has 2 rings (SSSR count). The van der Waals surface area contributed by atoms with Gasteiger partial charge in [-0.1, -0.05) is 26.8 Å². The smallest absolute Gasteiger partial charge is 0.222 e. The third kappa shape index (κ3) is 3.26. The molecule has 4 nitrogen and oxygen atoms in total. The summed E-state index contributed by atoms with van der Waals surface area (Å²) < 4.78 is 5.80. The van der Waals surface area contributed by atoms with Gasteiger partial charge < -0.3 is 10.5 Å². The molecule has 0 aliphatic carbocycles. The minimum atomic E-state index is 0.261. The molecule has 0 bridgehead atoms. The molecule has 0 saturated heterocycles. The lowest BCUT2D eigenvalue weighted by Gasteiger charge is -2.11. The van der Waals surface area contributed by atoms with E-state index in [0.717, 1.165) is 17.9 Å². The number of nitrogen functional groups attached to an aromatic ring is 1. The molecule has 106 valence electrons. The predicted octanol–water partition coefficient (Wildman–Crippen LogP) is 3.85. The molecule has 0 aliphatic rings. The van der Waals surface area contributed by atoms with Gasteiger partial charge in [0.25, 0.3) is 0 Å². The molecule has 0 atom stereocenters. The number of aromatic nitrogens is 2. The van der Waals surface area contributed by atoms with Gasteiger partial charge in [-0.2, -0.15) is 4.98 Å². The first-order valence-electron chi connectivity index (χ1n) is 6.91. The van der Waals surface area contributed by atoms with Crippen LogP contribution >= 0.6 is 0 Å². The molecule has 4 heteroatoms. The summed E-state index contributed by atoms with van der Waals surface area (Å²) in [5.41, 5.74) is 8.73. The number of hydrogen-bond donors (Lipinski definition) is 1. The van der Waals surface area contributed by atoms with Crippen LogP contribution in [0.3, 0.4) is 0 Å². The van der Waals surface area contributed by atoms with E-state index in [9.17, 15) is 0 Å². The second kappa shape index (κ2) is 5.90. The minimum absolute atomic E-state index is 0.261. The van der Waals surface area contributed by atoms with Crippen LogP contribution in [-0.4, -0.2) is 9.97 Å². The average Bonchev–Trinajstić information content (AvgIpc) is 2.40. The van der Waals surface area contributed by atoms with Crippen LogP contribution < -0.4 is 10.5 Å². The van der Waals surface area contributed by atoms with Crippen molar-refractivity contribution in [2.45, 2.75) is 40.0 Å². The van der Waals surface area contributed by atoms with Gasteiger partial charge in [-0.15, -0.1) is 0 Å². The van der Waals surface area contributed by atoms with Crippen molar-refractivity contribution in [2.75, 3.05) is 5.73 Å². The molecule has 0 amide bonds. The van der Waals surface area contributed by atoms with Crippen LogP contribution in [0, 0.1) is 6.92 Å². The van der Waals surface area contributed by atoms with Gasteiger partial charge in [-0.3, -0.25) is 0 Å². The molecule has 0 aliphatic heterocycles. The Labute approximate surface area is 120 Å². The van der Waals surface area contributed by atoms with Gasteiger partial charge in [0.05, 0.1) is 5.69 Å². The van der Waals surface area contributed by atoms with Crippen LogP contribution in [0.2, 0.25) is 0 Å². The Morgan fingerprint density at radius 3 is 2.55 bits per heavy atom. The van der Waals surface area contributed by atoms with Crippen LogP contribution in [0.1, 0.15) is 43.8 Å². The van der Waals surface area contributed by atoms with E-state index in [-0.39, 0.29) is 5.92 Å². The van der Waals surface area contributed by atoms with Crippen LogP contribution in [0.15, 0.2) is 24.3 Å². The van der Waals surface area contributed by atoms with Crippen LogP contribution in [-0.2, 0) is 6.42 Å². The minimum Gasteiger partial charge on any atom is -0.437 e. The van der Waals surface area contributed by atoms with Gasteiger partial charge in [-0.05, 0) is 31.0 Å². The number of benzene rings is 1. The fourth-order valence-electron chi connectivity index (χ4n) is 1.90. The van der Waals surface area contributed by atoms with Crippen molar-refractivity contribution < 1.29 is 4.74 Å². The molecule has 20 heavy (non-hydrogen) atoms. The lowest BCUT2D eigenvalue weighted by atomic mass is 10.1. The van der Waals surface area contributed by atoms with E-state index in [1.807, 2.05) is 31.2 Å². The molecular formula is C16H21N3O. The van der Waals surface area contributed by atoms with Gasteiger partial charge >= 0.3 is 0 Å². The second-order valence-corrected chi connectivity index (χ2v) is 5.19. The van der Waals surface area contributed by atoms with E-state index in [4.69, 9.17) is 10.5 Å². The first-order valence-corrected chi connectivity index (χ1v) is 6.91. The summed E-state index contributed by atoms with van der Waals surface area (Å²) in [6.07, 6.45) is 0.953. The average molecular weight is 271 g/mol. The Bertz CT molecular complexity index is 609. The highest BCUT2D eigenvalue weighted by molar-refractivity contribution is 5.55. The summed E-state index contributed by atoms with van der Waals surface area (Å²) in [5, 5.41) is 0. The van der Waals surface area contributed by atoms with Gasteiger partial charge in [0, 0.05) is 17.7 Å². The Kier molecular flexibility index (Phi) is 4.23. The maximum Gasteiger partial charge on any atom is 0.222 e. The molecular weight excluding hydrogens is 250 g/mol. The molecule has 2 N–H and O–H groups in total. The zero-order chi connectivity index (χ0) is 14.7. The monoisotopic (exact) mass is 271 g/mol. The van der Waals surface area contributed by atoms with Gasteiger partial charge in [-0.25, -0.2) is 4.98 Å². The molecule has 1 aromatic carbocycles. The summed E-state index contributed by atoms with van der Waals surface area (Å²) in [6, 6.07) is 7.66. The van der Waals surface area contributed by atoms with Crippen LogP contribution in [0.5, 0.6) is 11.6 Å². The van der Waals surface area contributed by atoms with Crippen molar-refractivity contribution in [1.29, 1.82) is 0 Å². The standard InChI is InChI=1S/C16H21N3O/c1-5-12-6-7-14(13(17)9-12)20-15-8-11(4)18-16(19-15)10(2)3/h6-10H,5,17H2,1-4H3. The number of anilines is 1. The normalized spacial score (nSPS) is 10.8. The second-order valence-electron chi connectivity index (χ2n) is 5.19. The number of nitrogens with zero attached hydrogens (tertiary/aromatic N) is 2. The maximum atomic E-state index is 6.01. The number of nitrogens with two attached hydrogens (primary N) is 1. The zero-order valence-electron chi connectivity index (χ0n) is 12.5. The van der Waals surface area contributed by atoms with Gasteiger partial charge in [0.1, 0.15) is 5.82 Å². The number of rotatable bonds is 4. The van der Waals surface area contributed by atoms with E-state index < -0.39 is 0 Å². The fraction of sp³-hybridized carbons (Fsp3) is 0.375. The molecule has 1 aromatic heterocycles. The largest absolute Gasteiger partial charge is 0.437 e. The number of hydrogen-bond acceptors (Lipinski definition) is 4. The Hall–Kier alpha value is -2.10. The zero-order valence-corrected chi connectivity index (χ0v) is 12.5. The first kappa shape index (κ1) is 14.3. The highest BCUT2D eigenvalue weighted by atomic mass is 16.5. The quantitative estimate of drug-likeness (QED) is 0.858. The van der Waals surface area contributed by atoms with E-state index in [0.29, 0.717) is 17.3 Å². The van der Waals surface area contributed by atoms with Crippen molar-refractivity contribution >= 4 is 5.69 Å². The van der Waals surface area contributed by atoms with Crippen molar-refractivity contribution in [1.82, 2.24) is 9.97 Å². The Morgan fingerprint density at radius 1 is 1.20 bits per heavy atom. The number of aryl methyl sites for hydroxylation is 2. The molecule has 2 aromatic rings. The molecule has 0 saturated carbocycles. The lowest BCUT2D eigenvalue weighted by molar-refractivity contribution is 0.458.